The number of rotatable bonds is 26. The van der Waals surface area contributed by atoms with Crippen LogP contribution in [0, 0.1) is 0 Å². The quantitative estimate of drug-likeness (QED) is 0.0560. The van der Waals surface area contributed by atoms with Crippen LogP contribution in [0.1, 0.15) is 38.9 Å². The lowest BCUT2D eigenvalue weighted by Gasteiger charge is -2.44. The topological polar surface area (TPSA) is 113 Å². The molecule has 0 radical (unpaired) electrons. The van der Waals surface area contributed by atoms with Crippen LogP contribution in [-0.2, 0) is 93.6 Å². The first-order chi connectivity index (χ1) is 35.6. The predicted molar refractivity (Wildman–Crippen MR) is 272 cm³/mol. The lowest BCUT2D eigenvalue weighted by atomic mass is 9.98. The lowest BCUT2D eigenvalue weighted by Crippen LogP contribution is -2.61. The molecule has 7 aromatic carbocycles. The van der Waals surface area contributed by atoms with E-state index in [2.05, 4.69) is 0 Å². The van der Waals surface area contributed by atoms with Gasteiger partial charge < -0.3 is 52.5 Å². The Morgan fingerprint density at radius 1 is 0.347 bits per heavy atom. The van der Waals surface area contributed by atoms with Crippen molar-refractivity contribution in [1.29, 1.82) is 0 Å². The molecule has 10 atom stereocenters. The zero-order valence-electron chi connectivity index (χ0n) is 40.4. The molecule has 0 saturated carbocycles. The molecule has 2 heterocycles. The van der Waals surface area contributed by atoms with E-state index in [-0.39, 0.29) is 46.2 Å². The number of aliphatic hydroxyl groups excluding tert-OH is 1. The zero-order valence-corrected chi connectivity index (χ0v) is 40.4. The summed E-state index contributed by atoms with van der Waals surface area (Å²) in [5.74, 6) is 0. The molecule has 2 aliphatic heterocycles. The van der Waals surface area contributed by atoms with Gasteiger partial charge in [0.2, 0.25) is 0 Å². The van der Waals surface area contributed by atoms with E-state index in [4.69, 9.17) is 47.4 Å². The maximum atomic E-state index is 12.0. The molecule has 11 nitrogen and oxygen atoms in total. The van der Waals surface area contributed by atoms with Gasteiger partial charge in [0.1, 0.15) is 48.8 Å². The molecule has 0 amide bonds. The van der Waals surface area contributed by atoms with Crippen molar-refractivity contribution in [3.8, 4) is 0 Å². The number of hydrogen-bond acceptors (Lipinski definition) is 11. The van der Waals surface area contributed by atoms with E-state index in [1.54, 1.807) is 0 Å². The number of ether oxygens (including phenoxy) is 10. The fourth-order valence-corrected chi connectivity index (χ4v) is 8.95. The minimum absolute atomic E-state index is 0.0822. The van der Waals surface area contributed by atoms with E-state index in [1.807, 2.05) is 212 Å². The number of aliphatic hydroxyl groups is 1. The molecule has 72 heavy (non-hydrogen) atoms. The first-order valence-corrected chi connectivity index (χ1v) is 24.8. The van der Waals surface area contributed by atoms with Gasteiger partial charge in [-0.2, -0.15) is 0 Å². The van der Waals surface area contributed by atoms with Crippen LogP contribution in [-0.4, -0.2) is 79.7 Å². The Labute approximate surface area is 423 Å². The Hall–Kier alpha value is -5.90. The molecule has 1 N–H and O–H groups in total. The average molecular weight is 973 g/mol. The minimum Gasteiger partial charge on any atom is -0.374 e. The standard InChI is InChI=1S/C61H64O11/c62-60-58(68-41-50-32-18-6-19-33-50)56(66-39-48-28-14-4-15-29-48)54(65-38-47-26-12-3-13-27-47)53(71-60)44-70-61-59(69-42-51-34-20-7-21-35-51)57(67-40-49-30-16-5-17-31-49)55(72-61)52(64-37-46-24-10-2-11-25-46)43-63-36-45-22-8-1-9-23-45/h1-35,52-62H,36-44H2/t52-,53-,54-,55+,56+,57+,58-,59-,60+,61?/m1/s1. The summed E-state index contributed by atoms with van der Waals surface area (Å²) in [5, 5.41) is 12.0. The predicted octanol–water partition coefficient (Wildman–Crippen LogP) is 10.2. The second-order valence-electron chi connectivity index (χ2n) is 18.0. The van der Waals surface area contributed by atoms with Gasteiger partial charge in [0, 0.05) is 0 Å². The fourth-order valence-electron chi connectivity index (χ4n) is 8.95. The molecule has 1 unspecified atom stereocenters. The Morgan fingerprint density at radius 3 is 1.12 bits per heavy atom. The smallest absolute Gasteiger partial charge is 0.187 e. The second-order valence-corrected chi connectivity index (χ2v) is 18.0. The molecular weight excluding hydrogens is 909 g/mol. The van der Waals surface area contributed by atoms with Crippen LogP contribution in [0.4, 0.5) is 0 Å². The summed E-state index contributed by atoms with van der Waals surface area (Å²) in [6, 6.07) is 69.7. The molecule has 0 bridgehead atoms. The highest BCUT2D eigenvalue weighted by Crippen LogP contribution is 2.35. The highest BCUT2D eigenvalue weighted by atomic mass is 16.7. The number of hydrogen-bond donors (Lipinski definition) is 1. The molecule has 0 spiro atoms. The summed E-state index contributed by atoms with van der Waals surface area (Å²) in [5.41, 5.74) is 6.84. The second kappa shape index (κ2) is 27.2. The Kier molecular flexibility index (Phi) is 19.3. The Balaban J connectivity index is 1.02. The Morgan fingerprint density at radius 2 is 0.694 bits per heavy atom. The summed E-state index contributed by atoms with van der Waals surface area (Å²) in [4.78, 5) is 0. The fraction of sp³-hybridized carbons (Fsp3) is 0.311. The van der Waals surface area contributed by atoms with Gasteiger partial charge in [-0.3, -0.25) is 0 Å². The summed E-state index contributed by atoms with van der Waals surface area (Å²) in [7, 11) is 0. The zero-order chi connectivity index (χ0) is 49.0. The van der Waals surface area contributed by atoms with Gasteiger partial charge in [-0.15, -0.1) is 0 Å². The van der Waals surface area contributed by atoms with Crippen LogP contribution >= 0.6 is 0 Å². The molecule has 2 saturated heterocycles. The Bertz CT molecular complexity index is 2550. The highest BCUT2D eigenvalue weighted by molar-refractivity contribution is 5.19. The molecule has 0 aliphatic carbocycles. The van der Waals surface area contributed by atoms with Crippen LogP contribution < -0.4 is 0 Å². The van der Waals surface area contributed by atoms with E-state index in [9.17, 15) is 5.11 Å². The SMILES string of the molecule is O[C@H]1O[C@H](COC2O[C@@H]([C@@H](COCc3ccccc3)OCc3ccccc3)[C@H](OCc3ccccc3)[C@H]2OCc2ccccc2)[C@@H](OCc2ccccc2)[C@H](OCc2ccccc2)[C@H]1OCc1ccccc1. The summed E-state index contributed by atoms with van der Waals surface area (Å²) >= 11 is 0. The molecule has 0 aromatic heterocycles. The van der Waals surface area contributed by atoms with Crippen molar-refractivity contribution in [1.82, 2.24) is 0 Å². The van der Waals surface area contributed by atoms with Crippen molar-refractivity contribution in [3.63, 3.8) is 0 Å². The van der Waals surface area contributed by atoms with Gasteiger partial charge in [-0.25, -0.2) is 0 Å². The van der Waals surface area contributed by atoms with Gasteiger partial charge in [0.25, 0.3) is 0 Å². The van der Waals surface area contributed by atoms with E-state index < -0.39 is 61.4 Å². The van der Waals surface area contributed by atoms with Gasteiger partial charge in [-0.1, -0.05) is 212 Å². The van der Waals surface area contributed by atoms with Crippen LogP contribution in [0.15, 0.2) is 212 Å². The van der Waals surface area contributed by atoms with Crippen molar-refractivity contribution in [2.45, 2.75) is 108 Å². The third-order valence-electron chi connectivity index (χ3n) is 12.7. The van der Waals surface area contributed by atoms with Crippen molar-refractivity contribution < 1.29 is 52.5 Å². The van der Waals surface area contributed by atoms with Gasteiger partial charge in [0.05, 0.1) is 59.5 Å². The van der Waals surface area contributed by atoms with E-state index in [0.717, 1.165) is 38.9 Å². The van der Waals surface area contributed by atoms with Crippen molar-refractivity contribution in [2.24, 2.45) is 0 Å². The monoisotopic (exact) mass is 972 g/mol. The molecule has 2 aliphatic rings. The van der Waals surface area contributed by atoms with Gasteiger partial charge in [-0.05, 0) is 38.9 Å². The molecule has 9 rings (SSSR count). The van der Waals surface area contributed by atoms with Crippen LogP contribution in [0.5, 0.6) is 0 Å². The third kappa shape index (κ3) is 14.8. The summed E-state index contributed by atoms with van der Waals surface area (Å²) < 4.78 is 67.6. The number of benzene rings is 7. The van der Waals surface area contributed by atoms with Crippen molar-refractivity contribution >= 4 is 0 Å². The largest absolute Gasteiger partial charge is 0.374 e. The third-order valence-corrected chi connectivity index (χ3v) is 12.7. The molecular formula is C61H64O11. The average Bonchev–Trinajstić information content (AvgIpc) is 3.79. The lowest BCUT2D eigenvalue weighted by molar-refractivity contribution is -0.323. The van der Waals surface area contributed by atoms with E-state index in [0.29, 0.717) is 13.2 Å². The van der Waals surface area contributed by atoms with Crippen molar-refractivity contribution in [3.05, 3.63) is 251 Å². The van der Waals surface area contributed by atoms with E-state index in [1.165, 1.54) is 0 Å². The van der Waals surface area contributed by atoms with Crippen molar-refractivity contribution in [2.75, 3.05) is 13.2 Å². The highest BCUT2D eigenvalue weighted by Gasteiger charge is 2.53. The maximum Gasteiger partial charge on any atom is 0.187 e. The molecule has 2 fully saturated rings. The first kappa shape index (κ1) is 51.0. The molecule has 374 valence electrons. The van der Waals surface area contributed by atoms with Crippen LogP contribution in [0.2, 0.25) is 0 Å². The van der Waals surface area contributed by atoms with Gasteiger partial charge in [0.15, 0.2) is 12.6 Å². The normalized spacial score (nSPS) is 23.4. The summed E-state index contributed by atoms with van der Waals surface area (Å²) in [6.45, 7) is 2.00. The summed E-state index contributed by atoms with van der Waals surface area (Å²) in [6.07, 6.45) is -8.56. The maximum absolute atomic E-state index is 12.0. The van der Waals surface area contributed by atoms with E-state index >= 15 is 0 Å². The minimum atomic E-state index is -1.40. The van der Waals surface area contributed by atoms with Gasteiger partial charge >= 0.3 is 0 Å². The molecule has 11 heteroatoms. The van der Waals surface area contributed by atoms with Crippen LogP contribution in [0.3, 0.4) is 0 Å². The first-order valence-electron chi connectivity index (χ1n) is 24.8. The van der Waals surface area contributed by atoms with Crippen LogP contribution in [0.25, 0.3) is 0 Å². The molecule has 7 aromatic rings.